The highest BCUT2D eigenvalue weighted by Crippen LogP contribution is 2.18. The molecule has 5 heteroatoms. The van der Waals surface area contributed by atoms with Crippen molar-refractivity contribution in [1.29, 1.82) is 0 Å². The summed E-state index contributed by atoms with van der Waals surface area (Å²) in [6, 6.07) is 8.75. The summed E-state index contributed by atoms with van der Waals surface area (Å²) in [6.07, 6.45) is 2.80. The van der Waals surface area contributed by atoms with Crippen LogP contribution < -0.4 is 11.1 Å². The van der Waals surface area contributed by atoms with Gasteiger partial charge in [0.25, 0.3) is 0 Å². The second-order valence-corrected chi connectivity index (χ2v) is 5.70. The second-order valence-electron chi connectivity index (χ2n) is 4.95. The van der Waals surface area contributed by atoms with Gasteiger partial charge in [-0.1, -0.05) is 31.2 Å². The fourth-order valence-electron chi connectivity index (χ4n) is 2.12. The molecule has 1 aromatic heterocycles. The molecule has 2 rings (SSSR count). The zero-order chi connectivity index (χ0) is 14.4. The first-order valence-electron chi connectivity index (χ1n) is 7.06. The van der Waals surface area contributed by atoms with Crippen molar-refractivity contribution in [2.45, 2.75) is 39.2 Å². The number of hydrogen-bond acceptors (Lipinski definition) is 5. The van der Waals surface area contributed by atoms with Gasteiger partial charge in [0.15, 0.2) is 0 Å². The van der Waals surface area contributed by atoms with E-state index in [0.29, 0.717) is 12.6 Å². The predicted octanol–water partition coefficient (Wildman–Crippen LogP) is 2.98. The van der Waals surface area contributed by atoms with Crippen LogP contribution in [0.15, 0.2) is 24.3 Å². The Morgan fingerprint density at radius 1 is 1.35 bits per heavy atom. The Kier molecular flexibility index (Phi) is 5.49. The molecule has 0 aliphatic heterocycles. The average molecular weight is 290 g/mol. The van der Waals surface area contributed by atoms with Gasteiger partial charge < -0.3 is 11.1 Å². The third-order valence-electron chi connectivity index (χ3n) is 3.41. The second kappa shape index (κ2) is 7.36. The Bertz CT molecular complexity index is 538. The lowest BCUT2D eigenvalue weighted by Gasteiger charge is -2.14. The Morgan fingerprint density at radius 3 is 2.85 bits per heavy atom. The highest BCUT2D eigenvalue weighted by molar-refractivity contribution is 7.09. The third-order valence-corrected chi connectivity index (χ3v) is 4.10. The minimum absolute atomic E-state index is 0.388. The topological polar surface area (TPSA) is 63.8 Å². The van der Waals surface area contributed by atoms with Crippen LogP contribution in [0.2, 0.25) is 0 Å². The van der Waals surface area contributed by atoms with Crippen molar-refractivity contribution >= 4 is 16.7 Å². The van der Waals surface area contributed by atoms with Crippen molar-refractivity contribution in [3.8, 4) is 0 Å². The first-order valence-corrected chi connectivity index (χ1v) is 7.84. The molecular weight excluding hydrogens is 268 g/mol. The number of hydrogen-bond donors (Lipinski definition) is 2. The van der Waals surface area contributed by atoms with E-state index in [1.54, 1.807) is 0 Å². The van der Waals surface area contributed by atoms with E-state index in [1.807, 2.05) is 0 Å². The molecule has 0 saturated carbocycles. The van der Waals surface area contributed by atoms with Crippen LogP contribution in [0.25, 0.3) is 0 Å². The molecule has 0 aliphatic carbocycles. The monoisotopic (exact) mass is 290 g/mol. The van der Waals surface area contributed by atoms with Crippen LogP contribution in [-0.4, -0.2) is 21.9 Å². The Labute approximate surface area is 124 Å². The maximum absolute atomic E-state index is 5.61. The molecular formula is C15H22N4S. The minimum atomic E-state index is 0.388. The van der Waals surface area contributed by atoms with Crippen molar-refractivity contribution in [3.05, 3.63) is 41.2 Å². The van der Waals surface area contributed by atoms with Gasteiger partial charge in [0.05, 0.1) is 0 Å². The molecule has 4 nitrogen and oxygen atoms in total. The van der Waals surface area contributed by atoms with Crippen LogP contribution in [-0.2, 0) is 6.42 Å². The van der Waals surface area contributed by atoms with Crippen LogP contribution in [0.5, 0.6) is 0 Å². The van der Waals surface area contributed by atoms with E-state index in [4.69, 9.17) is 5.73 Å². The molecule has 0 saturated heterocycles. The number of nitrogens with one attached hydrogen (secondary N) is 1. The molecule has 1 heterocycles. The Balaban J connectivity index is 2.00. The summed E-state index contributed by atoms with van der Waals surface area (Å²) in [4.78, 5) is 4.57. The molecule has 1 unspecified atom stereocenters. The van der Waals surface area contributed by atoms with Gasteiger partial charge in [0, 0.05) is 24.0 Å². The van der Waals surface area contributed by atoms with Crippen molar-refractivity contribution in [3.63, 3.8) is 0 Å². The Hall–Kier alpha value is -1.46. The lowest BCUT2D eigenvalue weighted by molar-refractivity contribution is 0.641. The van der Waals surface area contributed by atoms with Crippen molar-refractivity contribution in [1.82, 2.24) is 9.36 Å². The molecule has 0 spiro atoms. The molecule has 108 valence electrons. The predicted molar refractivity (Wildman–Crippen MR) is 85.3 cm³/mol. The lowest BCUT2D eigenvalue weighted by Crippen LogP contribution is -2.22. The van der Waals surface area contributed by atoms with Gasteiger partial charge in [-0.25, -0.2) is 4.98 Å². The van der Waals surface area contributed by atoms with Gasteiger partial charge in [0.2, 0.25) is 5.13 Å². The van der Waals surface area contributed by atoms with Crippen LogP contribution in [0.1, 0.15) is 36.7 Å². The summed E-state index contributed by atoms with van der Waals surface area (Å²) in [5.74, 6) is 0.884. The summed E-state index contributed by atoms with van der Waals surface area (Å²) in [7, 11) is 0. The number of rotatable bonds is 7. The molecule has 0 bridgehead atoms. The van der Waals surface area contributed by atoms with Gasteiger partial charge in [-0.2, -0.15) is 4.37 Å². The molecule has 2 aromatic rings. The van der Waals surface area contributed by atoms with Crippen LogP contribution in [0.4, 0.5) is 5.13 Å². The average Bonchev–Trinajstić information content (AvgIpc) is 2.88. The van der Waals surface area contributed by atoms with Crippen molar-refractivity contribution < 1.29 is 0 Å². The molecule has 20 heavy (non-hydrogen) atoms. The SMILES string of the molecule is CCC(CCN)Nc1nc(Cc2ccccc2C)ns1. The van der Waals surface area contributed by atoms with E-state index in [0.717, 1.165) is 30.2 Å². The summed E-state index contributed by atoms with van der Waals surface area (Å²) in [5.41, 5.74) is 8.18. The van der Waals surface area contributed by atoms with Gasteiger partial charge in [-0.05, 0) is 37.4 Å². The summed E-state index contributed by atoms with van der Waals surface area (Å²) in [5, 5.41) is 4.31. The minimum Gasteiger partial charge on any atom is -0.358 e. The molecule has 1 aromatic carbocycles. The number of aryl methyl sites for hydroxylation is 1. The van der Waals surface area contributed by atoms with Crippen molar-refractivity contribution in [2.75, 3.05) is 11.9 Å². The zero-order valence-corrected chi connectivity index (χ0v) is 12.9. The largest absolute Gasteiger partial charge is 0.358 e. The lowest BCUT2D eigenvalue weighted by atomic mass is 10.1. The molecule has 0 radical (unpaired) electrons. The van der Waals surface area contributed by atoms with E-state index < -0.39 is 0 Å². The molecule has 1 atom stereocenters. The quantitative estimate of drug-likeness (QED) is 0.823. The molecule has 0 amide bonds. The number of nitrogens with zero attached hydrogens (tertiary/aromatic N) is 2. The molecule has 3 N–H and O–H groups in total. The summed E-state index contributed by atoms with van der Waals surface area (Å²) in [6.45, 7) is 4.97. The van der Waals surface area contributed by atoms with Crippen LogP contribution in [0.3, 0.4) is 0 Å². The highest BCUT2D eigenvalue weighted by Gasteiger charge is 2.10. The Morgan fingerprint density at radius 2 is 2.15 bits per heavy atom. The van der Waals surface area contributed by atoms with Crippen LogP contribution >= 0.6 is 11.5 Å². The summed E-state index contributed by atoms with van der Waals surface area (Å²) < 4.78 is 4.44. The normalized spacial score (nSPS) is 12.3. The van der Waals surface area contributed by atoms with E-state index in [-0.39, 0.29) is 0 Å². The van der Waals surface area contributed by atoms with E-state index in [1.165, 1.54) is 22.7 Å². The number of nitrogens with two attached hydrogens (primary N) is 1. The fourth-order valence-corrected chi connectivity index (χ4v) is 2.78. The highest BCUT2D eigenvalue weighted by atomic mass is 32.1. The van der Waals surface area contributed by atoms with Gasteiger partial charge >= 0.3 is 0 Å². The van der Waals surface area contributed by atoms with E-state index >= 15 is 0 Å². The van der Waals surface area contributed by atoms with Crippen molar-refractivity contribution in [2.24, 2.45) is 5.73 Å². The first-order chi connectivity index (χ1) is 9.72. The van der Waals surface area contributed by atoms with Gasteiger partial charge in [-0.3, -0.25) is 0 Å². The number of anilines is 1. The smallest absolute Gasteiger partial charge is 0.202 e. The van der Waals surface area contributed by atoms with Crippen LogP contribution in [0, 0.1) is 6.92 Å². The first kappa shape index (κ1) is 14.9. The molecule has 0 fully saturated rings. The molecule has 0 aliphatic rings. The maximum Gasteiger partial charge on any atom is 0.202 e. The standard InChI is InChI=1S/C15H22N4S/c1-3-13(8-9-16)17-15-18-14(19-20-15)10-12-7-5-4-6-11(12)2/h4-7,13H,3,8-10,16H2,1-2H3,(H,17,18,19). The third kappa shape index (κ3) is 4.02. The van der Waals surface area contributed by atoms with E-state index in [2.05, 4.69) is 52.8 Å². The maximum atomic E-state index is 5.61. The summed E-state index contributed by atoms with van der Waals surface area (Å²) >= 11 is 1.43. The number of benzene rings is 1. The van der Waals surface area contributed by atoms with Gasteiger partial charge in [-0.15, -0.1) is 0 Å². The number of aromatic nitrogens is 2. The zero-order valence-electron chi connectivity index (χ0n) is 12.1. The van der Waals surface area contributed by atoms with Gasteiger partial charge in [0.1, 0.15) is 5.82 Å². The fraction of sp³-hybridized carbons (Fsp3) is 0.467. The van der Waals surface area contributed by atoms with E-state index in [9.17, 15) is 0 Å².